The Morgan fingerprint density at radius 2 is 1.36 bits per heavy atom. The summed E-state index contributed by atoms with van der Waals surface area (Å²) in [6, 6.07) is -0.572. The summed E-state index contributed by atoms with van der Waals surface area (Å²) in [5.41, 5.74) is 0. The van der Waals surface area contributed by atoms with Gasteiger partial charge in [0.25, 0.3) is 0 Å². The lowest BCUT2D eigenvalue weighted by Crippen LogP contribution is -2.50. The predicted octanol–water partition coefficient (Wildman–Crippen LogP) is -1.56. The van der Waals surface area contributed by atoms with Gasteiger partial charge in [0, 0.05) is 51.2 Å². The predicted molar refractivity (Wildman–Crippen MR) is 99.0 cm³/mol. The largest absolute Gasteiger partial charge is 0.480 e. The van der Waals surface area contributed by atoms with Crippen molar-refractivity contribution in [1.29, 1.82) is 0 Å². The Kier molecular flexibility index (Phi) is 9.83. The molecule has 11 heteroatoms. The Hall–Kier alpha value is -2.24. The molecule has 0 aliphatic carbocycles. The molecular weight excluding hydrogens is 372 g/mol. The lowest BCUT2D eigenvalue weighted by Gasteiger charge is -2.33. The number of nitrogens with one attached hydrogen (secondary N) is 1. The van der Waals surface area contributed by atoms with E-state index < -0.39 is 23.9 Å². The monoisotopic (exact) mass is 402 g/mol. The molecule has 1 atom stereocenters. The molecule has 28 heavy (non-hydrogen) atoms. The van der Waals surface area contributed by atoms with Crippen LogP contribution in [0.3, 0.4) is 0 Å². The summed E-state index contributed by atoms with van der Waals surface area (Å²) in [7, 11) is 0. The molecule has 0 bridgehead atoms. The van der Waals surface area contributed by atoms with Crippen LogP contribution in [-0.4, -0.2) is 118 Å². The minimum absolute atomic E-state index is 0.0283. The topological polar surface area (TPSA) is 151 Å². The average Bonchev–Trinajstić information content (AvgIpc) is 2.58. The Bertz CT molecular complexity index is 570. The van der Waals surface area contributed by atoms with Crippen molar-refractivity contribution in [2.75, 3.05) is 52.4 Å². The average molecular weight is 402 g/mol. The molecule has 1 heterocycles. The Labute approximate surface area is 163 Å². The second-order valence-electron chi connectivity index (χ2n) is 7.24. The van der Waals surface area contributed by atoms with Gasteiger partial charge in [-0.2, -0.15) is 0 Å². The lowest BCUT2D eigenvalue weighted by atomic mass is 10.1. The van der Waals surface area contributed by atoms with Gasteiger partial charge in [-0.3, -0.25) is 33.9 Å². The van der Waals surface area contributed by atoms with Gasteiger partial charge in [-0.1, -0.05) is 0 Å². The van der Waals surface area contributed by atoms with Crippen molar-refractivity contribution in [3.8, 4) is 0 Å². The van der Waals surface area contributed by atoms with E-state index in [1.807, 2.05) is 13.8 Å². The number of aliphatic carboxylic acids is 3. The van der Waals surface area contributed by atoms with Crippen molar-refractivity contribution in [3.63, 3.8) is 0 Å². The van der Waals surface area contributed by atoms with E-state index >= 15 is 0 Å². The van der Waals surface area contributed by atoms with Gasteiger partial charge in [-0.15, -0.1) is 0 Å². The van der Waals surface area contributed by atoms with Crippen LogP contribution in [0.5, 0.6) is 0 Å². The van der Waals surface area contributed by atoms with Gasteiger partial charge >= 0.3 is 17.9 Å². The van der Waals surface area contributed by atoms with Gasteiger partial charge in [0.1, 0.15) is 0 Å². The molecule has 1 saturated heterocycles. The second-order valence-corrected chi connectivity index (χ2v) is 7.24. The van der Waals surface area contributed by atoms with Crippen LogP contribution in [0.15, 0.2) is 0 Å². The van der Waals surface area contributed by atoms with E-state index in [0.29, 0.717) is 19.6 Å². The molecule has 1 amide bonds. The molecule has 1 unspecified atom stereocenters. The summed E-state index contributed by atoms with van der Waals surface area (Å²) in [6.07, 6.45) is 0.0283. The van der Waals surface area contributed by atoms with Crippen molar-refractivity contribution in [3.05, 3.63) is 0 Å². The molecule has 0 aromatic carbocycles. The number of nitrogens with zero attached hydrogens (tertiary/aromatic N) is 3. The molecule has 1 aliphatic rings. The molecule has 0 radical (unpaired) electrons. The number of carbonyl (C=O) groups is 4. The fourth-order valence-corrected chi connectivity index (χ4v) is 3.21. The first-order valence-electron chi connectivity index (χ1n) is 9.20. The van der Waals surface area contributed by atoms with E-state index in [1.54, 1.807) is 14.7 Å². The van der Waals surface area contributed by atoms with E-state index in [-0.39, 0.29) is 51.1 Å². The van der Waals surface area contributed by atoms with E-state index in [2.05, 4.69) is 5.32 Å². The molecule has 160 valence electrons. The zero-order valence-corrected chi connectivity index (χ0v) is 16.3. The number of carboxylic acid groups (broad SMARTS) is 3. The first-order valence-corrected chi connectivity index (χ1v) is 9.20. The molecule has 0 saturated carbocycles. The maximum Gasteiger partial charge on any atom is 0.317 e. The summed E-state index contributed by atoms with van der Waals surface area (Å²) in [6.45, 7) is 4.24. The van der Waals surface area contributed by atoms with Crippen molar-refractivity contribution in [2.24, 2.45) is 0 Å². The van der Waals surface area contributed by atoms with Gasteiger partial charge in [0.05, 0.1) is 19.6 Å². The number of amides is 1. The van der Waals surface area contributed by atoms with E-state index in [9.17, 15) is 29.4 Å². The third kappa shape index (κ3) is 9.62. The minimum Gasteiger partial charge on any atom is -0.480 e. The van der Waals surface area contributed by atoms with Crippen LogP contribution in [0, 0.1) is 0 Å². The number of carboxylic acids is 3. The van der Waals surface area contributed by atoms with Gasteiger partial charge < -0.3 is 20.6 Å². The van der Waals surface area contributed by atoms with Crippen molar-refractivity contribution >= 4 is 23.8 Å². The van der Waals surface area contributed by atoms with Crippen LogP contribution in [-0.2, 0) is 19.2 Å². The highest BCUT2D eigenvalue weighted by molar-refractivity contribution is 5.77. The van der Waals surface area contributed by atoms with Crippen molar-refractivity contribution in [2.45, 2.75) is 32.4 Å². The zero-order valence-electron chi connectivity index (χ0n) is 16.3. The summed E-state index contributed by atoms with van der Waals surface area (Å²) in [5, 5.41) is 30.3. The second kappa shape index (κ2) is 11.6. The Balaban J connectivity index is 3.05. The summed E-state index contributed by atoms with van der Waals surface area (Å²) in [5.74, 6) is -3.36. The van der Waals surface area contributed by atoms with Crippen LogP contribution < -0.4 is 5.32 Å². The normalized spacial score (nSPS) is 20.2. The summed E-state index contributed by atoms with van der Waals surface area (Å²) in [4.78, 5) is 50.7. The van der Waals surface area contributed by atoms with E-state index in [0.717, 1.165) is 0 Å². The highest BCUT2D eigenvalue weighted by Crippen LogP contribution is 2.11. The molecular formula is C17H30N4O7. The zero-order chi connectivity index (χ0) is 21.3. The minimum atomic E-state index is -1.07. The Morgan fingerprint density at radius 3 is 1.89 bits per heavy atom. The van der Waals surface area contributed by atoms with Crippen molar-refractivity contribution < 1.29 is 34.5 Å². The number of rotatable bonds is 9. The van der Waals surface area contributed by atoms with Gasteiger partial charge in [0.15, 0.2) is 0 Å². The van der Waals surface area contributed by atoms with Gasteiger partial charge in [-0.25, -0.2) is 0 Å². The van der Waals surface area contributed by atoms with E-state index in [4.69, 9.17) is 5.11 Å². The van der Waals surface area contributed by atoms with E-state index in [1.165, 1.54) is 0 Å². The Morgan fingerprint density at radius 1 is 0.857 bits per heavy atom. The first kappa shape index (κ1) is 23.8. The molecule has 1 aliphatic heterocycles. The summed E-state index contributed by atoms with van der Waals surface area (Å²) < 4.78 is 0. The maximum absolute atomic E-state index is 12.3. The smallest absolute Gasteiger partial charge is 0.317 e. The molecule has 0 spiro atoms. The standard InChI is InChI=1S/C17H30N4O7/c1-12(2)18-14(22)7-13-8-20(10-16(25)26)4-3-19(9-15(23)24)5-6-21(13)11-17(27)28/h12-13H,3-11H2,1-2H3,(H,18,22)(H,23,24)(H,25,26)(H,27,28). The first-order chi connectivity index (χ1) is 13.1. The molecule has 0 aromatic rings. The highest BCUT2D eigenvalue weighted by Gasteiger charge is 2.29. The SMILES string of the molecule is CC(C)NC(=O)CC1CN(CC(=O)O)CCN(CC(=O)O)CCN1CC(=O)O. The van der Waals surface area contributed by atoms with Crippen LogP contribution in [0.25, 0.3) is 0 Å². The maximum atomic E-state index is 12.3. The molecule has 11 nitrogen and oxygen atoms in total. The van der Waals surface area contributed by atoms with Gasteiger partial charge in [0.2, 0.25) is 5.91 Å². The molecule has 4 N–H and O–H groups in total. The van der Waals surface area contributed by atoms with Crippen LogP contribution in [0.1, 0.15) is 20.3 Å². The molecule has 0 aromatic heterocycles. The molecule has 1 rings (SSSR count). The number of hydrogen-bond donors (Lipinski definition) is 4. The highest BCUT2D eigenvalue weighted by atomic mass is 16.4. The quantitative estimate of drug-likeness (QED) is 0.356. The fourth-order valence-electron chi connectivity index (χ4n) is 3.21. The van der Waals surface area contributed by atoms with Crippen LogP contribution >= 0.6 is 0 Å². The molecule has 1 fully saturated rings. The summed E-state index contributed by atoms with van der Waals surface area (Å²) >= 11 is 0. The van der Waals surface area contributed by atoms with Crippen molar-refractivity contribution in [1.82, 2.24) is 20.0 Å². The fraction of sp³-hybridized carbons (Fsp3) is 0.765. The third-order valence-corrected chi connectivity index (χ3v) is 4.35. The lowest BCUT2D eigenvalue weighted by molar-refractivity contribution is -0.141. The number of carbonyl (C=O) groups excluding carboxylic acids is 1. The third-order valence-electron chi connectivity index (χ3n) is 4.35. The van der Waals surface area contributed by atoms with Gasteiger partial charge in [-0.05, 0) is 13.8 Å². The van der Waals surface area contributed by atoms with Crippen LogP contribution in [0.4, 0.5) is 0 Å². The number of hydrogen-bond acceptors (Lipinski definition) is 7. The van der Waals surface area contributed by atoms with Crippen LogP contribution in [0.2, 0.25) is 0 Å².